The maximum Gasteiger partial charge on any atom is 0.339 e. The number of hydrogen-bond donors (Lipinski definition) is 2. The van der Waals surface area contributed by atoms with Crippen LogP contribution in [0.4, 0.5) is 8.78 Å². The third-order valence-corrected chi connectivity index (χ3v) is 4.16. The fourth-order valence-electron chi connectivity index (χ4n) is 3.01. The topological polar surface area (TPSA) is 86.3 Å². The molecule has 2 heterocycles. The molecular formula is C16H15F2N3O3. The minimum atomic E-state index is -1.15. The van der Waals surface area contributed by atoms with Gasteiger partial charge < -0.3 is 10.0 Å². The molecule has 24 heavy (non-hydrogen) atoms. The fourth-order valence-corrected chi connectivity index (χ4v) is 3.01. The van der Waals surface area contributed by atoms with Crippen molar-refractivity contribution in [2.75, 3.05) is 6.54 Å². The lowest BCUT2D eigenvalue weighted by molar-refractivity contribution is 0.0585. The molecule has 1 unspecified atom stereocenters. The van der Waals surface area contributed by atoms with Crippen molar-refractivity contribution in [2.45, 2.75) is 25.3 Å². The summed E-state index contributed by atoms with van der Waals surface area (Å²) >= 11 is 0. The predicted molar refractivity (Wildman–Crippen MR) is 79.5 cm³/mol. The van der Waals surface area contributed by atoms with Gasteiger partial charge in [0, 0.05) is 12.6 Å². The van der Waals surface area contributed by atoms with Gasteiger partial charge in [-0.15, -0.1) is 0 Å². The Kier molecular flexibility index (Phi) is 4.28. The summed E-state index contributed by atoms with van der Waals surface area (Å²) in [6.45, 7) is 0.360. The van der Waals surface area contributed by atoms with Crippen LogP contribution in [0.25, 0.3) is 0 Å². The van der Waals surface area contributed by atoms with E-state index in [9.17, 15) is 23.5 Å². The maximum absolute atomic E-state index is 13.9. The number of halogens is 2. The smallest absolute Gasteiger partial charge is 0.339 e. The first kappa shape index (κ1) is 16.1. The van der Waals surface area contributed by atoms with E-state index in [0.29, 0.717) is 24.7 Å². The van der Waals surface area contributed by atoms with Crippen molar-refractivity contribution in [1.82, 2.24) is 15.1 Å². The van der Waals surface area contributed by atoms with Crippen molar-refractivity contribution in [3.05, 3.63) is 52.9 Å². The first-order chi connectivity index (χ1) is 11.5. The van der Waals surface area contributed by atoms with Gasteiger partial charge >= 0.3 is 5.97 Å². The summed E-state index contributed by atoms with van der Waals surface area (Å²) in [5, 5.41) is 15.6. The Morgan fingerprint density at radius 3 is 2.75 bits per heavy atom. The molecule has 0 bridgehead atoms. The maximum atomic E-state index is 13.9. The zero-order chi connectivity index (χ0) is 17.3. The van der Waals surface area contributed by atoms with Crippen LogP contribution in [0.15, 0.2) is 24.4 Å². The van der Waals surface area contributed by atoms with E-state index in [1.807, 2.05) is 0 Å². The number of hydrogen-bond acceptors (Lipinski definition) is 3. The van der Waals surface area contributed by atoms with E-state index in [1.54, 1.807) is 0 Å². The molecular weight excluding hydrogens is 320 g/mol. The van der Waals surface area contributed by atoms with Gasteiger partial charge in [0.25, 0.3) is 5.91 Å². The molecule has 8 heteroatoms. The van der Waals surface area contributed by atoms with Crippen LogP contribution in [0.1, 0.15) is 51.7 Å². The highest BCUT2D eigenvalue weighted by atomic mass is 19.1. The SMILES string of the molecule is O=C(O)c1cn[nH]c1C1CCCCN1C(=O)c1ccc(F)cc1F. The molecule has 1 aromatic heterocycles. The van der Waals surface area contributed by atoms with Crippen molar-refractivity contribution in [3.63, 3.8) is 0 Å². The molecule has 1 aliphatic heterocycles. The number of H-pyrrole nitrogens is 1. The minimum absolute atomic E-state index is 0.0146. The number of piperidine rings is 1. The van der Waals surface area contributed by atoms with Gasteiger partial charge in [0.05, 0.1) is 23.5 Å². The largest absolute Gasteiger partial charge is 0.478 e. The summed E-state index contributed by atoms with van der Waals surface area (Å²) in [6.07, 6.45) is 3.25. The number of aromatic amines is 1. The Morgan fingerprint density at radius 1 is 1.25 bits per heavy atom. The molecule has 1 aliphatic rings. The Hall–Kier alpha value is -2.77. The van der Waals surface area contributed by atoms with Gasteiger partial charge in [-0.3, -0.25) is 9.89 Å². The van der Waals surface area contributed by atoms with Crippen molar-refractivity contribution < 1.29 is 23.5 Å². The van der Waals surface area contributed by atoms with Crippen LogP contribution in [0.2, 0.25) is 0 Å². The van der Waals surface area contributed by atoms with Gasteiger partial charge in [-0.2, -0.15) is 5.10 Å². The van der Waals surface area contributed by atoms with Gasteiger partial charge in [-0.1, -0.05) is 0 Å². The number of benzene rings is 1. The van der Waals surface area contributed by atoms with Gasteiger partial charge in [-0.05, 0) is 31.4 Å². The Balaban J connectivity index is 1.96. The molecule has 6 nitrogen and oxygen atoms in total. The van der Waals surface area contributed by atoms with E-state index in [0.717, 1.165) is 25.0 Å². The summed E-state index contributed by atoms with van der Waals surface area (Å²) in [7, 11) is 0. The van der Waals surface area contributed by atoms with E-state index >= 15 is 0 Å². The highest BCUT2D eigenvalue weighted by Crippen LogP contribution is 2.33. The lowest BCUT2D eigenvalue weighted by atomic mass is 9.96. The van der Waals surface area contributed by atoms with Crippen LogP contribution in [0.3, 0.4) is 0 Å². The number of carbonyl (C=O) groups excluding carboxylic acids is 1. The molecule has 1 saturated heterocycles. The Bertz CT molecular complexity index is 791. The summed E-state index contributed by atoms with van der Waals surface area (Å²) < 4.78 is 27.0. The highest BCUT2D eigenvalue weighted by Gasteiger charge is 2.33. The normalized spacial score (nSPS) is 17.8. The van der Waals surface area contributed by atoms with E-state index in [1.165, 1.54) is 11.1 Å². The third-order valence-electron chi connectivity index (χ3n) is 4.16. The summed E-state index contributed by atoms with van der Waals surface area (Å²) in [5.41, 5.74) is 0.0667. The van der Waals surface area contributed by atoms with Crippen molar-refractivity contribution in [1.29, 1.82) is 0 Å². The average molecular weight is 335 g/mol. The third kappa shape index (κ3) is 2.86. The van der Waals surface area contributed by atoms with Crippen LogP contribution in [-0.4, -0.2) is 38.6 Å². The summed E-state index contributed by atoms with van der Waals surface area (Å²) in [4.78, 5) is 25.4. The quantitative estimate of drug-likeness (QED) is 0.903. The van der Waals surface area contributed by atoms with E-state index in [4.69, 9.17) is 0 Å². The molecule has 1 atom stereocenters. The number of nitrogens with one attached hydrogen (secondary N) is 1. The molecule has 1 aromatic carbocycles. The molecule has 0 radical (unpaired) electrons. The predicted octanol–water partition coefficient (Wildman–Crippen LogP) is 2.75. The van der Waals surface area contributed by atoms with E-state index in [2.05, 4.69) is 10.2 Å². The monoisotopic (exact) mass is 335 g/mol. The van der Waals surface area contributed by atoms with Gasteiger partial charge in [0.15, 0.2) is 0 Å². The molecule has 2 N–H and O–H groups in total. The lowest BCUT2D eigenvalue weighted by Gasteiger charge is -2.35. The fraction of sp³-hybridized carbons (Fsp3) is 0.312. The van der Waals surface area contributed by atoms with Gasteiger partial charge in [0.2, 0.25) is 0 Å². The first-order valence-electron chi connectivity index (χ1n) is 7.51. The van der Waals surface area contributed by atoms with Gasteiger partial charge in [-0.25, -0.2) is 13.6 Å². The molecule has 0 spiro atoms. The number of aromatic nitrogens is 2. The molecule has 0 aliphatic carbocycles. The van der Waals surface area contributed by atoms with Crippen LogP contribution in [0, 0.1) is 11.6 Å². The second-order valence-corrected chi connectivity index (χ2v) is 5.64. The van der Waals surface area contributed by atoms with E-state index in [-0.39, 0.29) is 11.1 Å². The van der Waals surface area contributed by atoms with Crippen molar-refractivity contribution in [2.24, 2.45) is 0 Å². The number of aromatic carboxylic acids is 1. The number of rotatable bonds is 3. The van der Waals surface area contributed by atoms with Gasteiger partial charge in [0.1, 0.15) is 17.2 Å². The number of nitrogens with zero attached hydrogens (tertiary/aromatic N) is 2. The van der Waals surface area contributed by atoms with Crippen LogP contribution < -0.4 is 0 Å². The molecule has 126 valence electrons. The molecule has 2 aromatic rings. The lowest BCUT2D eigenvalue weighted by Crippen LogP contribution is -2.39. The van der Waals surface area contributed by atoms with Crippen LogP contribution in [0.5, 0.6) is 0 Å². The zero-order valence-electron chi connectivity index (χ0n) is 12.6. The van der Waals surface area contributed by atoms with E-state index < -0.39 is 29.6 Å². The number of amides is 1. The molecule has 3 rings (SSSR count). The molecule has 1 amide bonds. The Labute approximate surface area is 136 Å². The van der Waals surface area contributed by atoms with Crippen LogP contribution in [-0.2, 0) is 0 Å². The summed E-state index contributed by atoms with van der Waals surface area (Å²) in [5.74, 6) is -3.44. The van der Waals surface area contributed by atoms with Crippen molar-refractivity contribution in [3.8, 4) is 0 Å². The number of carboxylic acids is 1. The number of carbonyl (C=O) groups is 2. The first-order valence-corrected chi connectivity index (χ1v) is 7.51. The standard InChI is InChI=1S/C16H15F2N3O3/c17-9-4-5-10(12(18)7-9)15(22)21-6-2-1-3-13(21)14-11(16(23)24)8-19-20-14/h4-5,7-8,13H,1-3,6H2,(H,19,20)(H,23,24). The molecule has 1 fully saturated rings. The highest BCUT2D eigenvalue weighted by molar-refractivity contribution is 5.95. The average Bonchev–Trinajstić information content (AvgIpc) is 3.04. The number of carboxylic acid groups (broad SMARTS) is 1. The zero-order valence-corrected chi connectivity index (χ0v) is 12.6. The van der Waals surface area contributed by atoms with Crippen LogP contribution >= 0.6 is 0 Å². The van der Waals surface area contributed by atoms with Crippen molar-refractivity contribution >= 4 is 11.9 Å². The number of likely N-dealkylation sites (tertiary alicyclic amines) is 1. The second kappa shape index (κ2) is 6.38. The minimum Gasteiger partial charge on any atom is -0.478 e. The molecule has 0 saturated carbocycles. The Morgan fingerprint density at radius 2 is 2.04 bits per heavy atom. The summed E-state index contributed by atoms with van der Waals surface area (Å²) in [6, 6.07) is 2.24. The second-order valence-electron chi connectivity index (χ2n) is 5.64.